The summed E-state index contributed by atoms with van der Waals surface area (Å²) in [7, 11) is -4.19. The molecule has 18 heavy (non-hydrogen) atoms. The van der Waals surface area contributed by atoms with Crippen molar-refractivity contribution in [3.05, 3.63) is 0 Å². The Morgan fingerprint density at radius 1 is 1.11 bits per heavy atom. The molecule has 0 atom stereocenters. The van der Waals surface area contributed by atoms with Crippen LogP contribution in [0.3, 0.4) is 0 Å². The van der Waals surface area contributed by atoms with Crippen LogP contribution in [-0.4, -0.2) is 31.3 Å². The number of ether oxygens (including phenoxy) is 1. The molecule has 7 heteroatoms. The first-order valence-electron chi connectivity index (χ1n) is 6.05. The van der Waals surface area contributed by atoms with E-state index in [0.717, 1.165) is 25.7 Å². The minimum absolute atomic E-state index is 0. The third-order valence-electron chi connectivity index (χ3n) is 2.29. The Morgan fingerprint density at radius 2 is 1.72 bits per heavy atom. The standard InChI is InChI=1S/C11H22O5S.Na/c1-2-3-4-5-6-8-11(12)16-9-7-10-17(13,14)15;/h2-10H2,1H3,(H,13,14,15);/q;+1/p-1. The van der Waals surface area contributed by atoms with Crippen LogP contribution in [0.25, 0.3) is 0 Å². The number of rotatable bonds is 10. The van der Waals surface area contributed by atoms with Crippen molar-refractivity contribution < 1.29 is 52.1 Å². The molecule has 0 N–H and O–H groups in total. The van der Waals surface area contributed by atoms with Crippen molar-refractivity contribution in [3.63, 3.8) is 0 Å². The van der Waals surface area contributed by atoms with Crippen molar-refractivity contribution in [3.8, 4) is 0 Å². The van der Waals surface area contributed by atoms with Gasteiger partial charge in [-0.2, -0.15) is 0 Å². The molecule has 0 amide bonds. The van der Waals surface area contributed by atoms with E-state index in [9.17, 15) is 17.8 Å². The fourth-order valence-corrected chi connectivity index (χ4v) is 1.84. The Morgan fingerprint density at radius 3 is 2.28 bits per heavy atom. The fraction of sp³-hybridized carbons (Fsp3) is 0.909. The van der Waals surface area contributed by atoms with Gasteiger partial charge in [0.1, 0.15) is 0 Å². The molecule has 0 saturated heterocycles. The Balaban J connectivity index is 0. The second kappa shape index (κ2) is 12.4. The molecule has 102 valence electrons. The Labute approximate surface area is 132 Å². The average Bonchev–Trinajstić information content (AvgIpc) is 2.23. The molecule has 0 aliphatic rings. The number of esters is 1. The molecule has 0 radical (unpaired) electrons. The summed E-state index contributed by atoms with van der Waals surface area (Å²) in [6.45, 7) is 2.13. The van der Waals surface area contributed by atoms with E-state index >= 15 is 0 Å². The van der Waals surface area contributed by atoms with Gasteiger partial charge in [0.05, 0.1) is 16.7 Å². The number of hydrogen-bond donors (Lipinski definition) is 0. The van der Waals surface area contributed by atoms with E-state index in [0.29, 0.717) is 6.42 Å². The molecule has 0 bridgehead atoms. The summed E-state index contributed by atoms with van der Waals surface area (Å²) >= 11 is 0. The molecule has 0 aromatic rings. The molecule has 0 saturated carbocycles. The summed E-state index contributed by atoms with van der Waals surface area (Å²) in [4.78, 5) is 11.2. The van der Waals surface area contributed by atoms with Gasteiger partial charge in [-0.25, -0.2) is 8.42 Å². The van der Waals surface area contributed by atoms with E-state index < -0.39 is 15.9 Å². The van der Waals surface area contributed by atoms with Gasteiger partial charge in [-0.05, 0) is 12.8 Å². The molecule has 0 aromatic carbocycles. The monoisotopic (exact) mass is 288 g/mol. The van der Waals surface area contributed by atoms with Crippen molar-refractivity contribution >= 4 is 16.1 Å². The number of carbonyl (C=O) groups is 1. The predicted octanol–water partition coefficient (Wildman–Crippen LogP) is -1.17. The summed E-state index contributed by atoms with van der Waals surface area (Å²) in [6, 6.07) is 0. The molecule has 5 nitrogen and oxygen atoms in total. The maximum absolute atomic E-state index is 11.2. The molecular weight excluding hydrogens is 267 g/mol. The van der Waals surface area contributed by atoms with Gasteiger partial charge in [-0.1, -0.05) is 32.6 Å². The van der Waals surface area contributed by atoms with Gasteiger partial charge in [0.2, 0.25) is 0 Å². The van der Waals surface area contributed by atoms with Crippen LogP contribution in [0.1, 0.15) is 51.9 Å². The molecule has 0 unspecified atom stereocenters. The van der Waals surface area contributed by atoms with Gasteiger partial charge < -0.3 is 9.29 Å². The van der Waals surface area contributed by atoms with Crippen LogP contribution in [0, 0.1) is 0 Å². The van der Waals surface area contributed by atoms with Crippen LogP contribution in [0.2, 0.25) is 0 Å². The van der Waals surface area contributed by atoms with Crippen molar-refractivity contribution in [2.45, 2.75) is 51.9 Å². The van der Waals surface area contributed by atoms with E-state index in [1.807, 2.05) is 0 Å². The summed E-state index contributed by atoms with van der Waals surface area (Å²) in [5.41, 5.74) is 0. The first kappa shape index (κ1) is 20.7. The van der Waals surface area contributed by atoms with Crippen molar-refractivity contribution in [1.82, 2.24) is 0 Å². The number of carbonyl (C=O) groups excluding carboxylic acids is 1. The zero-order valence-corrected chi connectivity index (χ0v) is 14.1. The predicted molar refractivity (Wildman–Crippen MR) is 63.5 cm³/mol. The zero-order valence-electron chi connectivity index (χ0n) is 11.3. The summed E-state index contributed by atoms with van der Waals surface area (Å²) in [5, 5.41) is 0. The van der Waals surface area contributed by atoms with E-state index in [2.05, 4.69) is 6.92 Å². The van der Waals surface area contributed by atoms with Gasteiger partial charge in [0, 0.05) is 12.2 Å². The minimum atomic E-state index is -4.19. The fourth-order valence-electron chi connectivity index (χ4n) is 1.37. The maximum Gasteiger partial charge on any atom is 1.00 e. The van der Waals surface area contributed by atoms with E-state index in [1.165, 1.54) is 6.42 Å². The topological polar surface area (TPSA) is 83.5 Å². The van der Waals surface area contributed by atoms with Crippen molar-refractivity contribution in [1.29, 1.82) is 0 Å². The molecule has 0 spiro atoms. The second-order valence-corrected chi connectivity index (χ2v) is 5.52. The van der Waals surface area contributed by atoms with Gasteiger partial charge in [-0.15, -0.1) is 0 Å². The molecule has 0 rings (SSSR count). The maximum atomic E-state index is 11.2. The summed E-state index contributed by atoms with van der Waals surface area (Å²) in [6.07, 6.45) is 5.72. The van der Waals surface area contributed by atoms with Crippen LogP contribution < -0.4 is 29.6 Å². The minimum Gasteiger partial charge on any atom is -0.748 e. The van der Waals surface area contributed by atoms with Crippen LogP contribution >= 0.6 is 0 Å². The van der Waals surface area contributed by atoms with Crippen LogP contribution in [0.5, 0.6) is 0 Å². The Hall–Kier alpha value is 0.380. The van der Waals surface area contributed by atoms with Crippen LogP contribution in [-0.2, 0) is 19.6 Å². The normalized spacial score (nSPS) is 10.8. The SMILES string of the molecule is CCCCCCCC(=O)OCCCS(=O)(=O)[O-].[Na+]. The zero-order chi connectivity index (χ0) is 13.1. The Bertz CT molecular complexity index is 303. The van der Waals surface area contributed by atoms with Gasteiger partial charge in [0.15, 0.2) is 0 Å². The van der Waals surface area contributed by atoms with Gasteiger partial charge >= 0.3 is 35.5 Å². The number of hydrogen-bond acceptors (Lipinski definition) is 5. The third kappa shape index (κ3) is 16.4. The molecule has 0 aliphatic carbocycles. The summed E-state index contributed by atoms with van der Waals surface area (Å²) < 4.78 is 35.6. The van der Waals surface area contributed by atoms with E-state index in [-0.39, 0.29) is 48.6 Å². The van der Waals surface area contributed by atoms with Crippen molar-refractivity contribution in [2.75, 3.05) is 12.4 Å². The first-order chi connectivity index (χ1) is 7.95. The first-order valence-corrected chi connectivity index (χ1v) is 7.62. The third-order valence-corrected chi connectivity index (χ3v) is 3.07. The Kier molecular flexibility index (Phi) is 14.3. The molecule has 0 aliphatic heterocycles. The van der Waals surface area contributed by atoms with Gasteiger partial charge in [-0.3, -0.25) is 4.79 Å². The molecule has 0 heterocycles. The van der Waals surface area contributed by atoms with E-state index in [1.54, 1.807) is 0 Å². The number of unbranched alkanes of at least 4 members (excludes halogenated alkanes) is 4. The van der Waals surface area contributed by atoms with Crippen molar-refractivity contribution in [2.24, 2.45) is 0 Å². The molecular formula is C11H21NaO5S. The quantitative estimate of drug-likeness (QED) is 0.219. The van der Waals surface area contributed by atoms with E-state index in [4.69, 9.17) is 4.74 Å². The van der Waals surface area contributed by atoms with Crippen LogP contribution in [0.4, 0.5) is 0 Å². The van der Waals surface area contributed by atoms with Crippen LogP contribution in [0.15, 0.2) is 0 Å². The molecule has 0 aromatic heterocycles. The van der Waals surface area contributed by atoms with Gasteiger partial charge in [0.25, 0.3) is 0 Å². The average molecular weight is 288 g/mol. The smallest absolute Gasteiger partial charge is 0.748 e. The largest absolute Gasteiger partial charge is 1.00 e. The second-order valence-electron chi connectivity index (χ2n) is 4.00. The molecule has 0 fully saturated rings. The summed E-state index contributed by atoms with van der Waals surface area (Å²) in [5.74, 6) is -0.790.